The molecular formula is C19H27NO6. The van der Waals surface area contributed by atoms with E-state index in [1.807, 2.05) is 27.7 Å². The standard InChI is InChI=1S/C19H27NO6/c1-5-24-15-8-13(9-16(25-6-2)17(15)26-7-3)18(21)20-10-12(4)14(11-20)19(22)23/h8-9,12,14H,5-7,10-11H2,1-4H3,(H,22,23)/t12-,14-/m1/s1. The highest BCUT2D eigenvalue weighted by Gasteiger charge is 2.37. The first kappa shape index (κ1) is 19.9. The molecule has 0 aromatic heterocycles. The van der Waals surface area contributed by atoms with E-state index in [-0.39, 0.29) is 18.4 Å². The summed E-state index contributed by atoms with van der Waals surface area (Å²) in [5.74, 6) is -0.353. The van der Waals surface area contributed by atoms with E-state index < -0.39 is 11.9 Å². The number of benzene rings is 1. The quantitative estimate of drug-likeness (QED) is 0.762. The summed E-state index contributed by atoms with van der Waals surface area (Å²) in [5.41, 5.74) is 0.401. The van der Waals surface area contributed by atoms with Crippen LogP contribution in [0.5, 0.6) is 17.2 Å². The van der Waals surface area contributed by atoms with Crippen LogP contribution in [0.25, 0.3) is 0 Å². The summed E-state index contributed by atoms with van der Waals surface area (Å²) in [6.45, 7) is 9.32. The number of carboxylic acid groups (broad SMARTS) is 1. The van der Waals surface area contributed by atoms with Gasteiger partial charge in [0.15, 0.2) is 11.5 Å². The molecule has 7 heteroatoms. The fourth-order valence-electron chi connectivity index (χ4n) is 3.15. The van der Waals surface area contributed by atoms with Gasteiger partial charge < -0.3 is 24.2 Å². The van der Waals surface area contributed by atoms with Crippen molar-refractivity contribution in [3.63, 3.8) is 0 Å². The Balaban J connectivity index is 2.36. The molecule has 0 unspecified atom stereocenters. The SMILES string of the molecule is CCOc1cc(C(=O)N2C[C@@H](C)[C@H](C(=O)O)C2)cc(OCC)c1OCC. The Bertz CT molecular complexity index is 632. The van der Waals surface area contributed by atoms with E-state index in [2.05, 4.69) is 0 Å². The van der Waals surface area contributed by atoms with Gasteiger partial charge in [0.2, 0.25) is 5.75 Å². The molecule has 1 aromatic rings. The van der Waals surface area contributed by atoms with Gasteiger partial charge >= 0.3 is 5.97 Å². The Kier molecular flexibility index (Phi) is 6.71. The lowest BCUT2D eigenvalue weighted by molar-refractivity contribution is -0.142. The molecule has 0 bridgehead atoms. The van der Waals surface area contributed by atoms with Crippen LogP contribution in [-0.2, 0) is 4.79 Å². The molecule has 1 aliphatic heterocycles. The van der Waals surface area contributed by atoms with Crippen LogP contribution >= 0.6 is 0 Å². The van der Waals surface area contributed by atoms with Crippen molar-refractivity contribution in [1.82, 2.24) is 4.90 Å². The number of likely N-dealkylation sites (tertiary alicyclic amines) is 1. The van der Waals surface area contributed by atoms with Crippen molar-refractivity contribution in [1.29, 1.82) is 0 Å². The lowest BCUT2D eigenvalue weighted by Gasteiger charge is -2.20. The smallest absolute Gasteiger partial charge is 0.308 e. The third-order valence-electron chi connectivity index (χ3n) is 4.37. The Morgan fingerprint density at radius 2 is 1.58 bits per heavy atom. The topological polar surface area (TPSA) is 85.3 Å². The molecule has 7 nitrogen and oxygen atoms in total. The van der Waals surface area contributed by atoms with E-state index in [1.165, 1.54) is 0 Å². The third-order valence-corrected chi connectivity index (χ3v) is 4.37. The maximum Gasteiger partial charge on any atom is 0.308 e. The highest BCUT2D eigenvalue weighted by atomic mass is 16.5. The van der Waals surface area contributed by atoms with Crippen molar-refractivity contribution in [2.75, 3.05) is 32.9 Å². The summed E-state index contributed by atoms with van der Waals surface area (Å²) >= 11 is 0. The average Bonchev–Trinajstić information content (AvgIpc) is 2.99. The number of carbonyl (C=O) groups is 2. The van der Waals surface area contributed by atoms with Gasteiger partial charge in [-0.1, -0.05) is 6.92 Å². The second-order valence-electron chi connectivity index (χ2n) is 6.23. The number of carbonyl (C=O) groups excluding carboxylic acids is 1. The lowest BCUT2D eigenvalue weighted by Crippen LogP contribution is -2.30. The molecule has 0 aliphatic carbocycles. The predicted octanol–water partition coefficient (Wildman–Crippen LogP) is 2.68. The first-order valence-corrected chi connectivity index (χ1v) is 9.01. The average molecular weight is 365 g/mol. The van der Waals surface area contributed by atoms with Crippen molar-refractivity contribution in [2.24, 2.45) is 11.8 Å². The Morgan fingerprint density at radius 1 is 1.04 bits per heavy atom. The zero-order chi connectivity index (χ0) is 19.3. The van der Waals surface area contributed by atoms with Crippen LogP contribution in [0.15, 0.2) is 12.1 Å². The van der Waals surface area contributed by atoms with Crippen LogP contribution < -0.4 is 14.2 Å². The molecule has 144 valence electrons. The maximum absolute atomic E-state index is 12.9. The van der Waals surface area contributed by atoms with E-state index in [4.69, 9.17) is 14.2 Å². The van der Waals surface area contributed by atoms with Gasteiger partial charge in [-0.15, -0.1) is 0 Å². The molecule has 2 rings (SSSR count). The normalized spacial score (nSPS) is 19.3. The van der Waals surface area contributed by atoms with Crippen LogP contribution in [0.4, 0.5) is 0 Å². The van der Waals surface area contributed by atoms with Crippen LogP contribution in [-0.4, -0.2) is 54.8 Å². The van der Waals surface area contributed by atoms with Gasteiger partial charge in [-0.05, 0) is 38.8 Å². The number of amides is 1. The Labute approximate surface area is 153 Å². The van der Waals surface area contributed by atoms with Crippen molar-refractivity contribution < 1.29 is 28.9 Å². The second-order valence-corrected chi connectivity index (χ2v) is 6.23. The minimum absolute atomic E-state index is 0.0862. The number of ether oxygens (including phenoxy) is 3. The summed E-state index contributed by atoms with van der Waals surface area (Å²) in [7, 11) is 0. The molecular weight excluding hydrogens is 338 g/mol. The first-order chi connectivity index (χ1) is 12.4. The van der Waals surface area contributed by atoms with Crippen LogP contribution in [0.2, 0.25) is 0 Å². The van der Waals surface area contributed by atoms with Gasteiger partial charge in [-0.25, -0.2) is 0 Å². The molecule has 0 radical (unpaired) electrons. The Hall–Kier alpha value is -2.44. The van der Waals surface area contributed by atoms with Crippen LogP contribution in [0.1, 0.15) is 38.1 Å². The summed E-state index contributed by atoms with van der Waals surface area (Å²) in [6.07, 6.45) is 0. The highest BCUT2D eigenvalue weighted by molar-refractivity contribution is 5.96. The molecule has 26 heavy (non-hydrogen) atoms. The van der Waals surface area contributed by atoms with Gasteiger partial charge in [0.05, 0.1) is 25.7 Å². The van der Waals surface area contributed by atoms with E-state index in [0.29, 0.717) is 49.2 Å². The van der Waals surface area contributed by atoms with Crippen molar-refractivity contribution >= 4 is 11.9 Å². The number of hydrogen-bond acceptors (Lipinski definition) is 5. The number of nitrogens with zero attached hydrogens (tertiary/aromatic N) is 1. The number of carboxylic acids is 1. The van der Waals surface area contributed by atoms with Crippen molar-refractivity contribution in [3.8, 4) is 17.2 Å². The molecule has 0 spiro atoms. The Morgan fingerprint density at radius 3 is 2.00 bits per heavy atom. The highest BCUT2D eigenvalue weighted by Crippen LogP contribution is 2.39. The minimum atomic E-state index is -0.871. The molecule has 2 atom stereocenters. The van der Waals surface area contributed by atoms with Gasteiger partial charge in [0.1, 0.15) is 0 Å². The molecule has 1 N–H and O–H groups in total. The summed E-state index contributed by atoms with van der Waals surface area (Å²) in [6, 6.07) is 3.27. The predicted molar refractivity (Wildman–Crippen MR) is 96.1 cm³/mol. The van der Waals surface area contributed by atoms with Gasteiger partial charge in [0.25, 0.3) is 5.91 Å². The number of aliphatic carboxylic acids is 1. The van der Waals surface area contributed by atoms with E-state index in [0.717, 1.165) is 0 Å². The zero-order valence-electron chi connectivity index (χ0n) is 15.8. The first-order valence-electron chi connectivity index (χ1n) is 9.01. The number of rotatable bonds is 8. The number of hydrogen-bond donors (Lipinski definition) is 1. The molecule has 1 fully saturated rings. The maximum atomic E-state index is 12.9. The summed E-state index contributed by atoms with van der Waals surface area (Å²) in [5, 5.41) is 9.28. The molecule has 1 saturated heterocycles. The van der Waals surface area contributed by atoms with Crippen LogP contribution in [0, 0.1) is 11.8 Å². The van der Waals surface area contributed by atoms with E-state index >= 15 is 0 Å². The van der Waals surface area contributed by atoms with Gasteiger partial charge in [-0.2, -0.15) is 0 Å². The third kappa shape index (κ3) is 4.20. The van der Waals surface area contributed by atoms with Gasteiger partial charge in [0, 0.05) is 18.7 Å². The molecule has 0 saturated carbocycles. The van der Waals surface area contributed by atoms with Gasteiger partial charge in [-0.3, -0.25) is 9.59 Å². The second kappa shape index (κ2) is 8.78. The molecule has 1 heterocycles. The summed E-state index contributed by atoms with van der Waals surface area (Å²) < 4.78 is 16.9. The molecule has 1 aliphatic rings. The van der Waals surface area contributed by atoms with Crippen LogP contribution in [0.3, 0.4) is 0 Å². The largest absolute Gasteiger partial charge is 0.490 e. The summed E-state index contributed by atoms with van der Waals surface area (Å²) in [4.78, 5) is 25.8. The molecule has 1 amide bonds. The molecule has 1 aromatic carbocycles. The fourth-order valence-corrected chi connectivity index (χ4v) is 3.15. The zero-order valence-corrected chi connectivity index (χ0v) is 15.8. The monoisotopic (exact) mass is 365 g/mol. The lowest BCUT2D eigenvalue weighted by atomic mass is 9.99. The fraction of sp³-hybridized carbons (Fsp3) is 0.579. The van der Waals surface area contributed by atoms with E-state index in [1.54, 1.807) is 17.0 Å². The van der Waals surface area contributed by atoms with Crippen molar-refractivity contribution in [2.45, 2.75) is 27.7 Å². The van der Waals surface area contributed by atoms with E-state index in [9.17, 15) is 14.7 Å². The minimum Gasteiger partial charge on any atom is -0.490 e. The van der Waals surface area contributed by atoms with Crippen molar-refractivity contribution in [3.05, 3.63) is 17.7 Å².